The highest BCUT2D eigenvalue weighted by Gasteiger charge is 2.38. The smallest absolute Gasteiger partial charge is 0.146 e. The summed E-state index contributed by atoms with van der Waals surface area (Å²) < 4.78 is 15.3. The number of hydrogen-bond acceptors (Lipinski definition) is 1. The van der Waals surface area contributed by atoms with Crippen LogP contribution in [0, 0.1) is 11.7 Å². The van der Waals surface area contributed by atoms with Crippen LogP contribution in [0.1, 0.15) is 29.5 Å². The molecule has 2 aromatic rings. The number of fused-ring (bicyclic) bond motifs is 3. The molecule has 2 aromatic carbocycles. The molecule has 21 heavy (non-hydrogen) atoms. The van der Waals surface area contributed by atoms with Gasteiger partial charge in [-0.15, -0.1) is 0 Å². The molecule has 4 rings (SSSR count). The summed E-state index contributed by atoms with van der Waals surface area (Å²) in [6, 6.07) is 13.9. The Morgan fingerprint density at radius 2 is 1.90 bits per heavy atom. The van der Waals surface area contributed by atoms with E-state index in [4.69, 9.17) is 0 Å². The van der Waals surface area contributed by atoms with Gasteiger partial charge < -0.3 is 5.32 Å². The lowest BCUT2D eigenvalue weighted by Gasteiger charge is -2.37. The summed E-state index contributed by atoms with van der Waals surface area (Å²) in [5.41, 5.74) is 2.96. The van der Waals surface area contributed by atoms with Gasteiger partial charge in [-0.25, -0.2) is 4.39 Å². The molecule has 1 nitrogen and oxygen atoms in total. The van der Waals surface area contributed by atoms with Crippen LogP contribution in [0.15, 0.2) is 59.1 Å². The van der Waals surface area contributed by atoms with Crippen LogP contribution in [0.3, 0.4) is 0 Å². The van der Waals surface area contributed by atoms with Crippen molar-refractivity contribution in [2.45, 2.75) is 18.4 Å². The maximum absolute atomic E-state index is 14.2. The van der Waals surface area contributed by atoms with Crippen molar-refractivity contribution in [3.8, 4) is 0 Å². The standard InChI is InChI=1S/C18H15BrFN/c19-12-9-7-11(8-10-12)17-14-4-1-3-13(14)15-5-2-6-16(20)18(15)21-17/h1-3,5-10,13-14,17,21H,4H2. The summed E-state index contributed by atoms with van der Waals surface area (Å²) in [6.07, 6.45) is 5.49. The predicted molar refractivity (Wildman–Crippen MR) is 86.9 cm³/mol. The number of benzene rings is 2. The SMILES string of the molecule is Fc1cccc2c1NC(c1ccc(Br)cc1)C1CC=CC21. The first-order valence-electron chi connectivity index (χ1n) is 7.21. The van der Waals surface area contributed by atoms with E-state index in [0.29, 0.717) is 17.5 Å². The van der Waals surface area contributed by atoms with Gasteiger partial charge in [-0.05, 0) is 41.7 Å². The second-order valence-electron chi connectivity index (χ2n) is 5.73. The van der Waals surface area contributed by atoms with Crippen LogP contribution in [0.5, 0.6) is 0 Å². The molecule has 0 radical (unpaired) electrons. The predicted octanol–water partition coefficient (Wildman–Crippen LogP) is 5.41. The molecule has 0 fully saturated rings. The Balaban J connectivity index is 1.81. The van der Waals surface area contributed by atoms with Gasteiger partial charge in [0.15, 0.2) is 0 Å². The van der Waals surface area contributed by atoms with Crippen molar-refractivity contribution in [1.82, 2.24) is 0 Å². The summed E-state index contributed by atoms with van der Waals surface area (Å²) in [4.78, 5) is 0. The van der Waals surface area contributed by atoms with E-state index in [1.54, 1.807) is 6.07 Å². The second-order valence-corrected chi connectivity index (χ2v) is 6.65. The molecule has 2 aliphatic rings. The zero-order valence-electron chi connectivity index (χ0n) is 11.4. The van der Waals surface area contributed by atoms with Crippen molar-refractivity contribution >= 4 is 21.6 Å². The first-order chi connectivity index (χ1) is 10.2. The van der Waals surface area contributed by atoms with E-state index in [2.05, 4.69) is 45.5 Å². The fourth-order valence-corrected chi connectivity index (χ4v) is 3.85. The van der Waals surface area contributed by atoms with E-state index in [9.17, 15) is 4.39 Å². The zero-order chi connectivity index (χ0) is 14.4. The third-order valence-electron chi connectivity index (χ3n) is 4.58. The normalized spacial score (nSPS) is 26.1. The Hall–Kier alpha value is -1.61. The quantitative estimate of drug-likeness (QED) is 0.682. The molecular formula is C18H15BrFN. The molecule has 0 aromatic heterocycles. The molecule has 3 atom stereocenters. The Morgan fingerprint density at radius 1 is 1.10 bits per heavy atom. The summed E-state index contributed by atoms with van der Waals surface area (Å²) in [6.45, 7) is 0. The van der Waals surface area contributed by atoms with Gasteiger partial charge in [0, 0.05) is 10.4 Å². The van der Waals surface area contributed by atoms with Gasteiger partial charge in [0.2, 0.25) is 0 Å². The Labute approximate surface area is 132 Å². The Morgan fingerprint density at radius 3 is 2.71 bits per heavy atom. The highest BCUT2D eigenvalue weighted by molar-refractivity contribution is 9.10. The van der Waals surface area contributed by atoms with E-state index in [0.717, 1.165) is 16.5 Å². The second kappa shape index (κ2) is 4.99. The van der Waals surface area contributed by atoms with Gasteiger partial charge >= 0.3 is 0 Å². The summed E-state index contributed by atoms with van der Waals surface area (Å²) in [7, 11) is 0. The average Bonchev–Trinajstić information content (AvgIpc) is 2.98. The number of halogens is 2. The van der Waals surface area contributed by atoms with Crippen molar-refractivity contribution in [2.24, 2.45) is 5.92 Å². The van der Waals surface area contributed by atoms with E-state index in [-0.39, 0.29) is 11.9 Å². The third kappa shape index (κ3) is 2.11. The topological polar surface area (TPSA) is 12.0 Å². The van der Waals surface area contributed by atoms with E-state index < -0.39 is 0 Å². The molecule has 0 spiro atoms. The molecule has 0 saturated carbocycles. The van der Waals surface area contributed by atoms with Crippen LogP contribution in [0.2, 0.25) is 0 Å². The monoisotopic (exact) mass is 343 g/mol. The maximum atomic E-state index is 14.2. The summed E-state index contributed by atoms with van der Waals surface area (Å²) >= 11 is 3.47. The zero-order valence-corrected chi connectivity index (χ0v) is 13.0. The minimum Gasteiger partial charge on any atom is -0.375 e. The first kappa shape index (κ1) is 13.1. The molecule has 3 unspecified atom stereocenters. The fraction of sp³-hybridized carbons (Fsp3) is 0.222. The van der Waals surface area contributed by atoms with Crippen molar-refractivity contribution in [2.75, 3.05) is 5.32 Å². The minimum atomic E-state index is -0.159. The number of para-hydroxylation sites is 1. The lowest BCUT2D eigenvalue weighted by molar-refractivity contribution is 0.421. The van der Waals surface area contributed by atoms with Crippen LogP contribution in [-0.2, 0) is 0 Å². The maximum Gasteiger partial charge on any atom is 0.146 e. The van der Waals surface area contributed by atoms with Gasteiger partial charge in [0.05, 0.1) is 11.7 Å². The lowest BCUT2D eigenvalue weighted by atomic mass is 9.77. The van der Waals surface area contributed by atoms with Gasteiger partial charge in [-0.1, -0.05) is 52.3 Å². The molecule has 1 aliphatic heterocycles. The number of hydrogen-bond donors (Lipinski definition) is 1. The van der Waals surface area contributed by atoms with Gasteiger partial charge in [-0.2, -0.15) is 0 Å². The van der Waals surface area contributed by atoms with Gasteiger partial charge in [0.25, 0.3) is 0 Å². The number of rotatable bonds is 1. The van der Waals surface area contributed by atoms with Crippen LogP contribution in [-0.4, -0.2) is 0 Å². The molecule has 1 N–H and O–H groups in total. The molecule has 1 aliphatic carbocycles. The van der Waals surface area contributed by atoms with Gasteiger partial charge in [0.1, 0.15) is 5.82 Å². The van der Waals surface area contributed by atoms with E-state index in [1.165, 1.54) is 11.6 Å². The van der Waals surface area contributed by atoms with Crippen molar-refractivity contribution in [3.63, 3.8) is 0 Å². The lowest BCUT2D eigenvalue weighted by Crippen LogP contribution is -2.29. The number of nitrogens with one attached hydrogen (secondary N) is 1. The first-order valence-corrected chi connectivity index (χ1v) is 8.00. The number of anilines is 1. The Bertz CT molecular complexity index is 708. The van der Waals surface area contributed by atoms with E-state index in [1.807, 2.05) is 18.2 Å². The molecule has 106 valence electrons. The molecule has 0 saturated heterocycles. The van der Waals surface area contributed by atoms with Crippen molar-refractivity contribution in [1.29, 1.82) is 0 Å². The average molecular weight is 344 g/mol. The van der Waals surface area contributed by atoms with Crippen molar-refractivity contribution in [3.05, 3.63) is 76.0 Å². The van der Waals surface area contributed by atoms with Gasteiger partial charge in [-0.3, -0.25) is 0 Å². The van der Waals surface area contributed by atoms with Crippen LogP contribution in [0.25, 0.3) is 0 Å². The van der Waals surface area contributed by atoms with Crippen LogP contribution >= 0.6 is 15.9 Å². The summed E-state index contributed by atoms with van der Waals surface area (Å²) in [5, 5.41) is 3.44. The molecule has 3 heteroatoms. The molecule has 0 amide bonds. The summed E-state index contributed by atoms with van der Waals surface area (Å²) in [5.74, 6) is 0.611. The highest BCUT2D eigenvalue weighted by Crippen LogP contribution is 2.50. The van der Waals surface area contributed by atoms with Crippen LogP contribution < -0.4 is 5.32 Å². The highest BCUT2D eigenvalue weighted by atomic mass is 79.9. The molecular weight excluding hydrogens is 329 g/mol. The minimum absolute atomic E-state index is 0.155. The molecule has 0 bridgehead atoms. The Kier molecular flexibility index (Phi) is 3.11. The van der Waals surface area contributed by atoms with Crippen molar-refractivity contribution < 1.29 is 4.39 Å². The number of allylic oxidation sites excluding steroid dienone is 2. The van der Waals surface area contributed by atoms with E-state index >= 15 is 0 Å². The largest absolute Gasteiger partial charge is 0.375 e. The fourth-order valence-electron chi connectivity index (χ4n) is 3.58. The third-order valence-corrected chi connectivity index (χ3v) is 5.10. The van der Waals surface area contributed by atoms with Crippen LogP contribution in [0.4, 0.5) is 10.1 Å². The molecule has 1 heterocycles.